The maximum atomic E-state index is 14.2. The van der Waals surface area contributed by atoms with E-state index in [-0.39, 0.29) is 42.0 Å². The van der Waals surface area contributed by atoms with Gasteiger partial charge in [0.2, 0.25) is 0 Å². The Bertz CT molecular complexity index is 1630. The second kappa shape index (κ2) is 12.8. The first kappa shape index (κ1) is 31.5. The third-order valence-electron chi connectivity index (χ3n) is 6.74. The zero-order valence-electron chi connectivity index (χ0n) is 23.3. The Morgan fingerprint density at radius 3 is 2.28 bits per heavy atom. The van der Waals surface area contributed by atoms with Gasteiger partial charge in [0.1, 0.15) is 17.5 Å². The number of ketones is 1. The lowest BCUT2D eigenvalue weighted by Gasteiger charge is -2.20. The van der Waals surface area contributed by atoms with Gasteiger partial charge in [-0.25, -0.2) is 13.2 Å². The van der Waals surface area contributed by atoms with Crippen LogP contribution >= 0.6 is 0 Å². The van der Waals surface area contributed by atoms with E-state index in [1.54, 1.807) is 12.1 Å². The minimum Gasteiger partial charge on any atom is -0.366 e. The maximum absolute atomic E-state index is 14.2. The van der Waals surface area contributed by atoms with E-state index in [4.69, 9.17) is 5.73 Å². The lowest BCUT2D eigenvalue weighted by atomic mass is 9.86. The smallest absolute Gasteiger partial charge is 0.366 e. The van der Waals surface area contributed by atoms with Crippen molar-refractivity contribution in [2.24, 2.45) is 11.7 Å². The van der Waals surface area contributed by atoms with E-state index in [1.165, 1.54) is 18.3 Å². The van der Waals surface area contributed by atoms with Crippen LogP contribution in [0, 0.1) is 23.4 Å². The number of alkyl halides is 3. The average molecular weight is 603 g/mol. The third-order valence-corrected chi connectivity index (χ3v) is 6.74. The zero-order chi connectivity index (χ0) is 31.5. The van der Waals surface area contributed by atoms with Crippen molar-refractivity contribution in [1.29, 1.82) is 0 Å². The number of benzene rings is 2. The summed E-state index contributed by atoms with van der Waals surface area (Å²) in [5.41, 5.74) is 5.32. The number of Topliss-reactive ketones (excluding diaryl/α,β-unsaturated/α-hetero) is 1. The van der Waals surface area contributed by atoms with Gasteiger partial charge in [0, 0.05) is 35.9 Å². The molecule has 4 aromatic rings. The number of hydrogen-bond donors (Lipinski definition) is 1. The van der Waals surface area contributed by atoms with Crippen LogP contribution in [-0.2, 0) is 30.4 Å². The molecular weight excluding hydrogens is 574 g/mol. The molecule has 0 aliphatic carbocycles. The monoisotopic (exact) mass is 602 g/mol. The SMILES string of the molecule is CC(C)Cc1cc(C(F)(F)F)nn1CC(=O)C[C@@H](Cc1cc(F)cc(F)c1)c1ncccc1-c1ccc(F)c(C(N)=O)c1. The molecule has 43 heavy (non-hydrogen) atoms. The summed E-state index contributed by atoms with van der Waals surface area (Å²) in [5, 5.41) is 3.64. The van der Waals surface area contributed by atoms with Gasteiger partial charge in [0.15, 0.2) is 11.5 Å². The molecule has 0 radical (unpaired) electrons. The molecule has 1 amide bonds. The quantitative estimate of drug-likeness (QED) is 0.194. The number of nitrogens with two attached hydrogens (primary N) is 1. The highest BCUT2D eigenvalue weighted by Crippen LogP contribution is 2.34. The Labute approximate surface area is 243 Å². The predicted molar refractivity (Wildman–Crippen MR) is 146 cm³/mol. The summed E-state index contributed by atoms with van der Waals surface area (Å²) in [5.74, 6) is -4.84. The summed E-state index contributed by atoms with van der Waals surface area (Å²) in [4.78, 5) is 29.6. The molecule has 0 fully saturated rings. The molecule has 1 atom stereocenters. The summed E-state index contributed by atoms with van der Waals surface area (Å²) >= 11 is 0. The van der Waals surface area contributed by atoms with Crippen LogP contribution in [0.1, 0.15) is 59.2 Å². The molecule has 0 unspecified atom stereocenters. The number of nitrogens with zero attached hydrogens (tertiary/aromatic N) is 3. The molecule has 2 heterocycles. The number of rotatable bonds is 11. The van der Waals surface area contributed by atoms with Gasteiger partial charge in [0.05, 0.1) is 17.8 Å². The van der Waals surface area contributed by atoms with Crippen LogP contribution < -0.4 is 5.73 Å². The van der Waals surface area contributed by atoms with E-state index in [2.05, 4.69) is 10.1 Å². The number of amides is 1. The van der Waals surface area contributed by atoms with Crippen LogP contribution in [0.5, 0.6) is 0 Å². The Morgan fingerprint density at radius 1 is 0.953 bits per heavy atom. The standard InChI is InChI=1S/C31H28F6N4O2/c1-17(2)8-23-15-28(31(35,36)37)40-41(23)16-24(42)12-20(9-18-10-21(32)14-22(33)11-18)29-25(4-3-7-39-29)19-5-6-27(34)26(13-19)30(38)43/h3-7,10-11,13-15,17,20H,8-9,12,16H2,1-2H3,(H2,38,43)/t20-/m1/s1. The van der Waals surface area contributed by atoms with Gasteiger partial charge in [-0.15, -0.1) is 0 Å². The lowest BCUT2D eigenvalue weighted by molar-refractivity contribution is -0.141. The van der Waals surface area contributed by atoms with Crippen molar-refractivity contribution < 1.29 is 35.9 Å². The van der Waals surface area contributed by atoms with Crippen LogP contribution in [0.15, 0.2) is 60.8 Å². The zero-order valence-corrected chi connectivity index (χ0v) is 23.3. The first-order chi connectivity index (χ1) is 20.2. The molecule has 0 aliphatic rings. The van der Waals surface area contributed by atoms with Crippen LogP contribution in [0.4, 0.5) is 26.3 Å². The number of pyridine rings is 1. The number of carbonyl (C=O) groups excluding carboxylic acids is 2. The van der Waals surface area contributed by atoms with Crippen molar-refractivity contribution in [3.63, 3.8) is 0 Å². The van der Waals surface area contributed by atoms with E-state index in [0.29, 0.717) is 22.9 Å². The van der Waals surface area contributed by atoms with Crippen molar-refractivity contribution in [2.75, 3.05) is 0 Å². The van der Waals surface area contributed by atoms with Crippen LogP contribution in [0.25, 0.3) is 11.1 Å². The minimum absolute atomic E-state index is 0.0145. The van der Waals surface area contributed by atoms with Crippen LogP contribution in [0.3, 0.4) is 0 Å². The molecule has 0 saturated carbocycles. The molecule has 0 bridgehead atoms. The van der Waals surface area contributed by atoms with Crippen molar-refractivity contribution in [3.8, 4) is 11.1 Å². The molecule has 226 valence electrons. The fourth-order valence-electron chi connectivity index (χ4n) is 4.97. The largest absolute Gasteiger partial charge is 0.435 e. The Morgan fingerprint density at radius 2 is 1.65 bits per heavy atom. The Balaban J connectivity index is 1.74. The van der Waals surface area contributed by atoms with Gasteiger partial charge in [-0.05, 0) is 66.3 Å². The summed E-state index contributed by atoms with van der Waals surface area (Å²) in [6.07, 6.45) is -3.37. The normalized spacial score (nSPS) is 12.5. The highest BCUT2D eigenvalue weighted by atomic mass is 19.4. The minimum atomic E-state index is -4.70. The van der Waals surface area contributed by atoms with E-state index < -0.39 is 53.5 Å². The highest BCUT2D eigenvalue weighted by molar-refractivity contribution is 5.94. The van der Waals surface area contributed by atoms with Crippen LogP contribution in [0.2, 0.25) is 0 Å². The number of aromatic nitrogens is 3. The van der Waals surface area contributed by atoms with Crippen LogP contribution in [-0.4, -0.2) is 26.5 Å². The van der Waals surface area contributed by atoms with Gasteiger partial charge in [-0.3, -0.25) is 19.3 Å². The van der Waals surface area contributed by atoms with Gasteiger partial charge in [-0.1, -0.05) is 26.0 Å². The van der Waals surface area contributed by atoms with Crippen molar-refractivity contribution >= 4 is 11.7 Å². The first-order valence-electron chi connectivity index (χ1n) is 13.4. The van der Waals surface area contributed by atoms with E-state index >= 15 is 0 Å². The Hall–Kier alpha value is -4.48. The highest BCUT2D eigenvalue weighted by Gasteiger charge is 2.35. The molecule has 6 nitrogen and oxygen atoms in total. The van der Waals surface area contributed by atoms with Crippen molar-refractivity contribution in [1.82, 2.24) is 14.8 Å². The second-order valence-corrected chi connectivity index (χ2v) is 10.7. The average Bonchev–Trinajstić information content (AvgIpc) is 3.29. The maximum Gasteiger partial charge on any atom is 0.435 e. The van der Waals surface area contributed by atoms with Gasteiger partial charge in [0.25, 0.3) is 5.91 Å². The fourth-order valence-corrected chi connectivity index (χ4v) is 4.97. The summed E-state index contributed by atoms with van der Waals surface area (Å²) in [6.45, 7) is 3.17. The number of hydrogen-bond acceptors (Lipinski definition) is 4. The summed E-state index contributed by atoms with van der Waals surface area (Å²) in [6, 6.07) is 10.7. The Kier molecular flexibility index (Phi) is 9.37. The molecule has 0 spiro atoms. The van der Waals surface area contributed by atoms with Crippen molar-refractivity contribution in [2.45, 2.75) is 51.7 Å². The molecule has 4 rings (SSSR count). The predicted octanol–water partition coefficient (Wildman–Crippen LogP) is 6.66. The van der Waals surface area contributed by atoms with E-state index in [1.807, 2.05) is 13.8 Å². The van der Waals surface area contributed by atoms with Gasteiger partial charge >= 0.3 is 6.18 Å². The number of primary amides is 1. The number of halogens is 6. The molecule has 12 heteroatoms. The van der Waals surface area contributed by atoms with Gasteiger partial charge in [-0.2, -0.15) is 18.3 Å². The molecule has 2 aromatic heterocycles. The third kappa shape index (κ3) is 7.88. The lowest BCUT2D eigenvalue weighted by Crippen LogP contribution is -2.20. The number of carbonyl (C=O) groups is 2. The molecule has 0 aliphatic heterocycles. The molecule has 2 N–H and O–H groups in total. The summed E-state index contributed by atoms with van der Waals surface area (Å²) in [7, 11) is 0. The fraction of sp³-hybridized carbons (Fsp3) is 0.290. The van der Waals surface area contributed by atoms with E-state index in [9.17, 15) is 35.9 Å². The van der Waals surface area contributed by atoms with Gasteiger partial charge < -0.3 is 5.73 Å². The first-order valence-corrected chi connectivity index (χ1v) is 13.4. The molecule has 0 saturated heterocycles. The summed E-state index contributed by atoms with van der Waals surface area (Å²) < 4.78 is 83.7. The van der Waals surface area contributed by atoms with Crippen molar-refractivity contribution in [3.05, 3.63) is 106 Å². The topological polar surface area (TPSA) is 90.9 Å². The molecule has 2 aromatic carbocycles. The van der Waals surface area contributed by atoms with E-state index in [0.717, 1.165) is 28.9 Å². The second-order valence-electron chi connectivity index (χ2n) is 10.7. The molecular formula is C31H28F6N4O2.